The van der Waals surface area contributed by atoms with Gasteiger partial charge in [0.05, 0.1) is 0 Å². The van der Waals surface area contributed by atoms with E-state index in [2.05, 4.69) is 27.4 Å². The van der Waals surface area contributed by atoms with Gasteiger partial charge in [-0.3, -0.25) is 0 Å². The summed E-state index contributed by atoms with van der Waals surface area (Å²) in [6.45, 7) is 10.5. The largest absolute Gasteiger partial charge is 0.303 e. The maximum atomic E-state index is 10.3. The highest BCUT2D eigenvalue weighted by molar-refractivity contribution is 5.50. The molecule has 1 saturated carbocycles. The third kappa shape index (κ3) is 1.33. The average Bonchev–Trinajstić information content (AvgIpc) is 1.96. The number of aldehydes is 1. The summed E-state index contributed by atoms with van der Waals surface area (Å²) in [6, 6.07) is 0. The quantitative estimate of drug-likeness (QED) is 0.465. The molecule has 1 fully saturated rings. The second-order valence-electron chi connectivity index (χ2n) is 4.56. The zero-order valence-electron chi connectivity index (χ0n) is 8.26. The Morgan fingerprint density at radius 3 is 2.58 bits per heavy atom. The van der Waals surface area contributed by atoms with Gasteiger partial charge in [0.2, 0.25) is 0 Å². The van der Waals surface area contributed by atoms with E-state index < -0.39 is 0 Å². The number of rotatable bonds is 3. The molecular weight excluding hydrogens is 148 g/mol. The lowest BCUT2D eigenvalue weighted by atomic mass is 9.52. The molecule has 0 radical (unpaired) electrons. The van der Waals surface area contributed by atoms with Crippen molar-refractivity contribution in [1.82, 2.24) is 0 Å². The van der Waals surface area contributed by atoms with Crippen molar-refractivity contribution < 1.29 is 4.79 Å². The van der Waals surface area contributed by atoms with Gasteiger partial charge in [0.15, 0.2) is 0 Å². The highest BCUT2D eigenvalue weighted by Crippen LogP contribution is 2.55. The summed E-state index contributed by atoms with van der Waals surface area (Å²) >= 11 is 0. The van der Waals surface area contributed by atoms with Gasteiger partial charge in [0.1, 0.15) is 6.29 Å². The molecule has 0 bridgehead atoms. The Labute approximate surface area is 74.9 Å². The first-order chi connectivity index (χ1) is 5.50. The molecule has 0 N–H and O–H groups in total. The number of hydrogen-bond donors (Lipinski definition) is 0. The van der Waals surface area contributed by atoms with Gasteiger partial charge in [0.25, 0.3) is 0 Å². The third-order valence-corrected chi connectivity index (χ3v) is 3.45. The van der Waals surface area contributed by atoms with E-state index in [0.29, 0.717) is 17.3 Å². The van der Waals surface area contributed by atoms with Crippen LogP contribution in [0.2, 0.25) is 0 Å². The van der Waals surface area contributed by atoms with E-state index in [1.54, 1.807) is 0 Å². The minimum absolute atomic E-state index is 0.298. The fourth-order valence-electron chi connectivity index (χ4n) is 2.37. The van der Waals surface area contributed by atoms with Gasteiger partial charge < -0.3 is 4.79 Å². The first-order valence-corrected chi connectivity index (χ1v) is 4.59. The van der Waals surface area contributed by atoms with Crippen LogP contribution in [0.4, 0.5) is 0 Å². The van der Waals surface area contributed by atoms with Gasteiger partial charge in [-0.15, -0.1) is 0 Å². The predicted molar refractivity (Wildman–Crippen MR) is 50.9 cm³/mol. The van der Waals surface area contributed by atoms with Crippen molar-refractivity contribution in [3.8, 4) is 0 Å². The van der Waals surface area contributed by atoms with Crippen molar-refractivity contribution in [3.05, 3.63) is 12.2 Å². The van der Waals surface area contributed by atoms with Crippen LogP contribution in [0.5, 0.6) is 0 Å². The van der Waals surface area contributed by atoms with Crippen molar-refractivity contribution in [2.45, 2.75) is 33.6 Å². The van der Waals surface area contributed by atoms with Gasteiger partial charge in [-0.05, 0) is 30.6 Å². The van der Waals surface area contributed by atoms with E-state index in [-0.39, 0.29) is 0 Å². The fraction of sp³-hybridized carbons (Fsp3) is 0.727. The molecule has 1 aliphatic rings. The lowest BCUT2D eigenvalue weighted by Crippen LogP contribution is -2.45. The van der Waals surface area contributed by atoms with Crippen molar-refractivity contribution in [1.29, 1.82) is 0 Å². The highest BCUT2D eigenvalue weighted by Gasteiger charge is 2.47. The van der Waals surface area contributed by atoms with Crippen molar-refractivity contribution >= 4 is 6.29 Å². The van der Waals surface area contributed by atoms with Gasteiger partial charge >= 0.3 is 0 Å². The lowest BCUT2D eigenvalue weighted by Gasteiger charge is -2.52. The Morgan fingerprint density at radius 2 is 2.25 bits per heavy atom. The van der Waals surface area contributed by atoms with Crippen molar-refractivity contribution in [3.63, 3.8) is 0 Å². The normalized spacial score (nSPS) is 32.2. The molecule has 0 aromatic carbocycles. The summed E-state index contributed by atoms with van der Waals surface area (Å²) in [4.78, 5) is 10.3. The monoisotopic (exact) mass is 166 g/mol. The van der Waals surface area contributed by atoms with E-state index in [1.807, 2.05) is 0 Å². The molecule has 1 nitrogen and oxygen atoms in total. The first kappa shape index (κ1) is 9.50. The number of allylic oxidation sites excluding steroid dienone is 1. The smallest absolute Gasteiger partial charge is 0.120 e. The molecule has 0 aromatic heterocycles. The third-order valence-electron chi connectivity index (χ3n) is 3.45. The average molecular weight is 166 g/mol. The Bertz CT molecular complexity index is 203. The molecule has 0 aromatic rings. The Morgan fingerprint density at radius 1 is 1.67 bits per heavy atom. The van der Waals surface area contributed by atoms with Crippen LogP contribution >= 0.6 is 0 Å². The molecule has 68 valence electrons. The number of carbonyl (C=O) groups excluding carboxylic acids is 1. The molecule has 0 aliphatic heterocycles. The summed E-state index contributed by atoms with van der Waals surface area (Å²) < 4.78 is 0. The van der Waals surface area contributed by atoms with Crippen LogP contribution < -0.4 is 0 Å². The van der Waals surface area contributed by atoms with E-state index in [1.165, 1.54) is 5.57 Å². The SMILES string of the molecule is C=C(C)[C@@H]1C[C@H](CC=O)C1(C)C. The number of hydrogen-bond acceptors (Lipinski definition) is 1. The molecular formula is C11H18O. The second kappa shape index (κ2) is 3.04. The fourth-order valence-corrected chi connectivity index (χ4v) is 2.37. The zero-order chi connectivity index (χ0) is 9.35. The van der Waals surface area contributed by atoms with Gasteiger partial charge in [-0.2, -0.15) is 0 Å². The van der Waals surface area contributed by atoms with Gasteiger partial charge in [-0.25, -0.2) is 0 Å². The number of carbonyl (C=O) groups is 1. The van der Waals surface area contributed by atoms with Crippen LogP contribution in [0.15, 0.2) is 12.2 Å². The molecule has 0 amide bonds. The topological polar surface area (TPSA) is 17.1 Å². The molecule has 2 atom stereocenters. The van der Waals surface area contributed by atoms with Crippen LogP contribution in [-0.2, 0) is 4.79 Å². The highest BCUT2D eigenvalue weighted by atomic mass is 16.1. The van der Waals surface area contributed by atoms with Crippen LogP contribution in [-0.4, -0.2) is 6.29 Å². The molecule has 1 heteroatoms. The summed E-state index contributed by atoms with van der Waals surface area (Å²) in [5.74, 6) is 1.21. The lowest BCUT2D eigenvalue weighted by molar-refractivity contribution is -0.112. The Hall–Kier alpha value is -0.590. The Kier molecular flexibility index (Phi) is 2.41. The molecule has 0 saturated heterocycles. The van der Waals surface area contributed by atoms with Crippen LogP contribution in [0.25, 0.3) is 0 Å². The molecule has 0 heterocycles. The van der Waals surface area contributed by atoms with E-state index in [4.69, 9.17) is 0 Å². The van der Waals surface area contributed by atoms with Gasteiger partial charge in [-0.1, -0.05) is 26.0 Å². The standard InChI is InChI=1S/C11H18O/c1-8(2)10-7-9(5-6-12)11(10,3)4/h6,9-10H,1,5,7H2,2-4H3/t9-,10-/m0/s1. The van der Waals surface area contributed by atoms with E-state index in [9.17, 15) is 4.79 Å². The summed E-state index contributed by atoms with van der Waals surface area (Å²) in [6.07, 6.45) is 2.92. The van der Waals surface area contributed by atoms with Crippen molar-refractivity contribution in [2.75, 3.05) is 0 Å². The molecule has 12 heavy (non-hydrogen) atoms. The molecule has 1 rings (SSSR count). The summed E-state index contributed by atoms with van der Waals surface area (Å²) in [5.41, 5.74) is 1.56. The molecule has 0 unspecified atom stereocenters. The maximum Gasteiger partial charge on any atom is 0.120 e. The second-order valence-corrected chi connectivity index (χ2v) is 4.56. The minimum atomic E-state index is 0.298. The zero-order valence-corrected chi connectivity index (χ0v) is 8.26. The first-order valence-electron chi connectivity index (χ1n) is 4.59. The maximum absolute atomic E-state index is 10.3. The predicted octanol–water partition coefficient (Wildman–Crippen LogP) is 2.81. The van der Waals surface area contributed by atoms with Crippen molar-refractivity contribution in [2.24, 2.45) is 17.3 Å². The molecule has 0 spiro atoms. The van der Waals surface area contributed by atoms with Crippen LogP contribution in [0.3, 0.4) is 0 Å². The minimum Gasteiger partial charge on any atom is -0.303 e. The summed E-state index contributed by atoms with van der Waals surface area (Å²) in [7, 11) is 0. The summed E-state index contributed by atoms with van der Waals surface area (Å²) in [5, 5.41) is 0. The van der Waals surface area contributed by atoms with Gasteiger partial charge in [0, 0.05) is 6.42 Å². The Balaban J connectivity index is 2.59. The van der Waals surface area contributed by atoms with Crippen LogP contribution in [0.1, 0.15) is 33.6 Å². The van der Waals surface area contributed by atoms with E-state index in [0.717, 1.165) is 19.1 Å². The van der Waals surface area contributed by atoms with Crippen LogP contribution in [0, 0.1) is 17.3 Å². The van der Waals surface area contributed by atoms with E-state index >= 15 is 0 Å². The molecule has 1 aliphatic carbocycles.